The number of hydrogen-bond donors (Lipinski definition) is 2. The zero-order valence-electron chi connectivity index (χ0n) is 13.8. The number of benzene rings is 1. The van der Waals surface area contributed by atoms with Crippen LogP contribution in [0.2, 0.25) is 0 Å². The second-order valence-electron chi connectivity index (χ2n) is 5.86. The lowest BCUT2D eigenvalue weighted by molar-refractivity contribution is -0.136. The molecule has 0 saturated heterocycles. The molecule has 0 aliphatic rings. The van der Waals surface area contributed by atoms with Crippen molar-refractivity contribution >= 4 is 11.7 Å². The SMILES string of the molecule is CC(C)ON(c1ccccc1O)C(C)(C)C.CCC(=O)O. The Labute approximate surface area is 127 Å². The Morgan fingerprint density at radius 3 is 2.10 bits per heavy atom. The van der Waals surface area contributed by atoms with Gasteiger partial charge in [0.2, 0.25) is 0 Å². The Kier molecular flexibility index (Phi) is 7.81. The normalized spacial score (nSPS) is 10.8. The molecule has 0 aliphatic carbocycles. The number of carboxylic acid groups (broad SMARTS) is 1. The van der Waals surface area contributed by atoms with Crippen molar-refractivity contribution in [2.45, 2.75) is 59.6 Å². The zero-order chi connectivity index (χ0) is 16.6. The van der Waals surface area contributed by atoms with Gasteiger partial charge in [-0.05, 0) is 46.8 Å². The quantitative estimate of drug-likeness (QED) is 0.827. The summed E-state index contributed by atoms with van der Waals surface area (Å²) in [5.74, 6) is -0.511. The van der Waals surface area contributed by atoms with Crippen LogP contribution in [-0.4, -0.2) is 27.8 Å². The first kappa shape index (κ1) is 19.2. The molecule has 0 radical (unpaired) electrons. The molecule has 1 aromatic rings. The third kappa shape index (κ3) is 7.56. The van der Waals surface area contributed by atoms with Crippen molar-refractivity contribution in [2.24, 2.45) is 0 Å². The molecule has 5 heteroatoms. The number of anilines is 1. The summed E-state index contributed by atoms with van der Waals surface area (Å²) < 4.78 is 0. The van der Waals surface area contributed by atoms with E-state index < -0.39 is 5.97 Å². The number of phenolic OH excluding ortho intramolecular Hbond substituents is 1. The van der Waals surface area contributed by atoms with E-state index in [0.29, 0.717) is 5.69 Å². The van der Waals surface area contributed by atoms with Crippen LogP contribution in [0.15, 0.2) is 24.3 Å². The average molecular weight is 297 g/mol. The summed E-state index contributed by atoms with van der Waals surface area (Å²) in [4.78, 5) is 15.1. The number of para-hydroxylation sites is 2. The van der Waals surface area contributed by atoms with Crippen molar-refractivity contribution in [1.82, 2.24) is 0 Å². The van der Waals surface area contributed by atoms with Gasteiger partial charge in [0.15, 0.2) is 0 Å². The Bertz CT molecular complexity index is 438. The molecule has 1 rings (SSSR count). The molecular weight excluding hydrogens is 270 g/mol. The van der Waals surface area contributed by atoms with Gasteiger partial charge in [0.25, 0.3) is 0 Å². The highest BCUT2D eigenvalue weighted by atomic mass is 16.7. The Morgan fingerprint density at radius 2 is 1.76 bits per heavy atom. The highest BCUT2D eigenvalue weighted by Crippen LogP contribution is 2.32. The number of carbonyl (C=O) groups is 1. The lowest BCUT2D eigenvalue weighted by atomic mass is 10.1. The summed E-state index contributed by atoms with van der Waals surface area (Å²) in [6, 6.07) is 7.20. The second-order valence-corrected chi connectivity index (χ2v) is 5.86. The van der Waals surface area contributed by atoms with E-state index in [9.17, 15) is 9.90 Å². The Hall–Kier alpha value is -1.75. The molecule has 0 aliphatic heterocycles. The van der Waals surface area contributed by atoms with E-state index in [1.165, 1.54) is 0 Å². The van der Waals surface area contributed by atoms with Crippen LogP contribution in [0.1, 0.15) is 48.0 Å². The number of nitrogens with zero attached hydrogens (tertiary/aromatic N) is 1. The molecule has 5 nitrogen and oxygen atoms in total. The van der Waals surface area contributed by atoms with Gasteiger partial charge in [-0.3, -0.25) is 9.63 Å². The number of rotatable bonds is 4. The van der Waals surface area contributed by atoms with Crippen molar-refractivity contribution in [1.29, 1.82) is 0 Å². The first-order chi connectivity index (χ1) is 9.59. The number of carboxylic acids is 1. The first-order valence-electron chi connectivity index (χ1n) is 7.06. The Morgan fingerprint density at radius 1 is 1.29 bits per heavy atom. The lowest BCUT2D eigenvalue weighted by Crippen LogP contribution is -2.43. The highest BCUT2D eigenvalue weighted by Gasteiger charge is 2.25. The molecule has 0 bridgehead atoms. The smallest absolute Gasteiger partial charge is 0.303 e. The van der Waals surface area contributed by atoms with E-state index in [1.807, 2.05) is 46.8 Å². The number of hydrogen-bond acceptors (Lipinski definition) is 4. The maximum Gasteiger partial charge on any atom is 0.303 e. The van der Waals surface area contributed by atoms with Crippen molar-refractivity contribution < 1.29 is 19.8 Å². The van der Waals surface area contributed by atoms with Gasteiger partial charge in [-0.1, -0.05) is 19.1 Å². The fourth-order valence-electron chi connectivity index (χ4n) is 1.42. The fourth-order valence-corrected chi connectivity index (χ4v) is 1.42. The summed E-state index contributed by atoms with van der Waals surface area (Å²) >= 11 is 0. The minimum Gasteiger partial charge on any atom is -0.506 e. The van der Waals surface area contributed by atoms with E-state index in [4.69, 9.17) is 9.94 Å². The summed E-state index contributed by atoms with van der Waals surface area (Å²) in [5.41, 5.74) is 0.493. The number of aliphatic carboxylic acids is 1. The van der Waals surface area contributed by atoms with Crippen LogP contribution >= 0.6 is 0 Å². The van der Waals surface area contributed by atoms with E-state index in [-0.39, 0.29) is 23.8 Å². The molecule has 0 atom stereocenters. The van der Waals surface area contributed by atoms with Crippen LogP contribution in [0.5, 0.6) is 5.75 Å². The average Bonchev–Trinajstić information content (AvgIpc) is 2.36. The van der Waals surface area contributed by atoms with Crippen molar-refractivity contribution in [3.63, 3.8) is 0 Å². The van der Waals surface area contributed by atoms with E-state index in [0.717, 1.165) is 0 Å². The van der Waals surface area contributed by atoms with Crippen LogP contribution in [-0.2, 0) is 9.63 Å². The van der Waals surface area contributed by atoms with Gasteiger partial charge in [-0.15, -0.1) is 0 Å². The summed E-state index contributed by atoms with van der Waals surface area (Å²) in [5, 5.41) is 19.3. The monoisotopic (exact) mass is 297 g/mol. The van der Waals surface area contributed by atoms with E-state index in [1.54, 1.807) is 24.1 Å². The maximum absolute atomic E-state index is 9.84. The van der Waals surface area contributed by atoms with Gasteiger partial charge in [0, 0.05) is 6.42 Å². The van der Waals surface area contributed by atoms with Crippen LogP contribution in [0, 0.1) is 0 Å². The molecule has 0 unspecified atom stereocenters. The number of hydroxylamine groups is 1. The minimum absolute atomic E-state index is 0.0684. The van der Waals surface area contributed by atoms with Gasteiger partial charge in [-0.2, -0.15) is 0 Å². The number of phenols is 1. The topological polar surface area (TPSA) is 70.0 Å². The van der Waals surface area contributed by atoms with Crippen LogP contribution < -0.4 is 5.06 Å². The van der Waals surface area contributed by atoms with E-state index >= 15 is 0 Å². The van der Waals surface area contributed by atoms with Crippen molar-refractivity contribution in [3.05, 3.63) is 24.3 Å². The molecule has 0 aromatic heterocycles. The van der Waals surface area contributed by atoms with Crippen LogP contribution in [0.3, 0.4) is 0 Å². The van der Waals surface area contributed by atoms with Crippen molar-refractivity contribution in [3.8, 4) is 5.75 Å². The first-order valence-corrected chi connectivity index (χ1v) is 7.06. The van der Waals surface area contributed by atoms with Gasteiger partial charge >= 0.3 is 5.97 Å². The molecule has 120 valence electrons. The summed E-state index contributed by atoms with van der Waals surface area (Å²) in [6.07, 6.45) is 0.291. The molecule has 0 fully saturated rings. The summed E-state index contributed by atoms with van der Waals surface area (Å²) in [7, 11) is 0. The van der Waals surface area contributed by atoms with Gasteiger partial charge in [0.1, 0.15) is 11.4 Å². The molecule has 0 spiro atoms. The Balaban J connectivity index is 0.000000690. The maximum atomic E-state index is 9.84. The van der Waals surface area contributed by atoms with Gasteiger partial charge in [-0.25, -0.2) is 5.06 Å². The molecule has 2 N–H and O–H groups in total. The predicted molar refractivity (Wildman–Crippen MR) is 84.5 cm³/mol. The minimum atomic E-state index is -0.745. The van der Waals surface area contributed by atoms with Gasteiger partial charge in [0.05, 0.1) is 11.6 Å². The molecule has 0 saturated carbocycles. The zero-order valence-corrected chi connectivity index (χ0v) is 13.8. The summed E-state index contributed by atoms with van der Waals surface area (Å²) in [6.45, 7) is 11.7. The molecule has 0 heterocycles. The highest BCUT2D eigenvalue weighted by molar-refractivity contribution is 5.66. The van der Waals surface area contributed by atoms with Crippen LogP contribution in [0.4, 0.5) is 5.69 Å². The van der Waals surface area contributed by atoms with E-state index in [2.05, 4.69) is 0 Å². The standard InChI is InChI=1S/C13H21NO2.C3H6O2/c1-10(2)16-14(13(3,4)5)11-8-6-7-9-12(11)15;1-2-3(4)5/h6-10,15H,1-5H3;2H2,1H3,(H,4,5). The number of aromatic hydroxyl groups is 1. The molecule has 0 amide bonds. The van der Waals surface area contributed by atoms with Crippen LogP contribution in [0.25, 0.3) is 0 Å². The second kappa shape index (κ2) is 8.52. The predicted octanol–water partition coefficient (Wildman–Crippen LogP) is 3.82. The third-order valence-corrected chi connectivity index (χ3v) is 2.33. The molecule has 1 aromatic carbocycles. The molecular formula is C16H27NO4. The van der Waals surface area contributed by atoms with Crippen molar-refractivity contribution in [2.75, 3.05) is 5.06 Å². The molecule has 21 heavy (non-hydrogen) atoms. The lowest BCUT2D eigenvalue weighted by Gasteiger charge is -2.37. The largest absolute Gasteiger partial charge is 0.506 e. The van der Waals surface area contributed by atoms with Gasteiger partial charge < -0.3 is 10.2 Å². The third-order valence-electron chi connectivity index (χ3n) is 2.33. The fraction of sp³-hybridized carbons (Fsp3) is 0.562.